The first-order valence-corrected chi connectivity index (χ1v) is 18.1. The first-order chi connectivity index (χ1) is 26.2. The number of aromatic nitrogens is 1. The van der Waals surface area contributed by atoms with E-state index in [-0.39, 0.29) is 0 Å². The van der Waals surface area contributed by atoms with Crippen molar-refractivity contribution >= 4 is 44.1 Å². The fourth-order valence-corrected chi connectivity index (χ4v) is 7.47. The van der Waals surface area contributed by atoms with Crippen LogP contribution in [0.3, 0.4) is 0 Å². The molecule has 0 bridgehead atoms. The lowest BCUT2D eigenvalue weighted by Crippen LogP contribution is -2.13. The summed E-state index contributed by atoms with van der Waals surface area (Å²) in [6.07, 6.45) is 2.94. The summed E-state index contributed by atoms with van der Waals surface area (Å²) in [7, 11) is 0. The zero-order valence-electron chi connectivity index (χ0n) is 29.2. The Kier molecular flexibility index (Phi) is 8.43. The van der Waals surface area contributed by atoms with E-state index in [4.69, 9.17) is 10.7 Å². The average Bonchev–Trinajstić information content (AvgIpc) is 3.57. The van der Waals surface area contributed by atoms with Crippen molar-refractivity contribution in [3.05, 3.63) is 217 Å². The maximum Gasteiger partial charge on any atom is 0.131 e. The summed E-state index contributed by atoms with van der Waals surface area (Å²) in [4.78, 5) is 5.04. The number of para-hydroxylation sites is 2. The molecule has 9 aromatic rings. The minimum absolute atomic E-state index is 0.496. The van der Waals surface area contributed by atoms with Gasteiger partial charge < -0.3 is 10.3 Å². The second-order valence-electron chi connectivity index (χ2n) is 13.3. The van der Waals surface area contributed by atoms with Crippen molar-refractivity contribution in [2.24, 2.45) is 10.7 Å². The van der Waals surface area contributed by atoms with E-state index < -0.39 is 0 Å². The molecule has 0 spiro atoms. The zero-order valence-corrected chi connectivity index (χ0v) is 29.2. The van der Waals surface area contributed by atoms with Crippen LogP contribution in [0, 0.1) is 0 Å². The third-order valence-electron chi connectivity index (χ3n) is 10.1. The number of fused-ring (bicyclic) bond motifs is 4. The van der Waals surface area contributed by atoms with Gasteiger partial charge in [-0.05, 0) is 69.3 Å². The molecule has 1 heterocycles. The number of rotatable bonds is 8. The van der Waals surface area contributed by atoms with Crippen LogP contribution in [0.1, 0.15) is 16.7 Å². The van der Waals surface area contributed by atoms with Crippen molar-refractivity contribution in [1.29, 1.82) is 0 Å². The number of allylic oxidation sites excluding steroid dienone is 1. The van der Waals surface area contributed by atoms with E-state index in [0.29, 0.717) is 5.84 Å². The molecule has 2 N–H and O–H groups in total. The summed E-state index contributed by atoms with van der Waals surface area (Å²) in [5.74, 6) is 0.496. The first kappa shape index (κ1) is 32.0. The van der Waals surface area contributed by atoms with Gasteiger partial charge in [0.15, 0.2) is 0 Å². The Bertz CT molecular complexity index is 2780. The van der Waals surface area contributed by atoms with Crippen molar-refractivity contribution in [3.63, 3.8) is 0 Å². The number of amidine groups is 1. The molecule has 3 heteroatoms. The second kappa shape index (κ2) is 14.0. The number of nitrogens with two attached hydrogens (primary N) is 1. The predicted octanol–water partition coefficient (Wildman–Crippen LogP) is 12.3. The molecule has 0 amide bonds. The molecule has 0 atom stereocenters. The monoisotopic (exact) mass is 679 g/mol. The lowest BCUT2D eigenvalue weighted by atomic mass is 9.92. The summed E-state index contributed by atoms with van der Waals surface area (Å²) >= 11 is 0. The molecule has 0 aliphatic carbocycles. The van der Waals surface area contributed by atoms with Crippen molar-refractivity contribution in [2.75, 3.05) is 0 Å². The van der Waals surface area contributed by atoms with Crippen molar-refractivity contribution in [1.82, 2.24) is 4.57 Å². The molecule has 53 heavy (non-hydrogen) atoms. The van der Waals surface area contributed by atoms with E-state index in [2.05, 4.69) is 168 Å². The van der Waals surface area contributed by atoms with Crippen LogP contribution in [0.5, 0.6) is 0 Å². The van der Waals surface area contributed by atoms with Crippen LogP contribution in [-0.4, -0.2) is 10.4 Å². The quantitative estimate of drug-likeness (QED) is 0.126. The van der Waals surface area contributed by atoms with Crippen molar-refractivity contribution in [3.8, 4) is 27.9 Å². The van der Waals surface area contributed by atoms with E-state index in [1.807, 2.05) is 36.4 Å². The Morgan fingerprint density at radius 1 is 0.491 bits per heavy atom. The average molecular weight is 680 g/mol. The number of aliphatic imine (C=N–C) groups is 1. The Morgan fingerprint density at radius 3 is 1.83 bits per heavy atom. The molecule has 0 aliphatic rings. The van der Waals surface area contributed by atoms with Gasteiger partial charge in [-0.3, -0.25) is 0 Å². The van der Waals surface area contributed by atoms with Crippen LogP contribution < -0.4 is 5.73 Å². The van der Waals surface area contributed by atoms with Gasteiger partial charge in [0.25, 0.3) is 0 Å². The summed E-state index contributed by atoms with van der Waals surface area (Å²) < 4.78 is 2.37. The zero-order chi connectivity index (χ0) is 35.6. The van der Waals surface area contributed by atoms with Gasteiger partial charge in [0, 0.05) is 27.6 Å². The molecular formula is C50H37N3. The first-order valence-electron chi connectivity index (χ1n) is 18.1. The highest BCUT2D eigenvalue weighted by molar-refractivity contribution is 6.10. The summed E-state index contributed by atoms with van der Waals surface area (Å²) in [6, 6.07) is 68.6. The molecule has 9 rings (SSSR count). The number of hydrogen-bond acceptors (Lipinski definition) is 1. The van der Waals surface area contributed by atoms with Crippen LogP contribution in [0.15, 0.2) is 205 Å². The molecule has 0 radical (unpaired) electrons. The van der Waals surface area contributed by atoms with Crippen LogP contribution in [0.4, 0.5) is 0 Å². The Balaban J connectivity index is 1.10. The Labute approximate surface area is 309 Å². The summed E-state index contributed by atoms with van der Waals surface area (Å²) in [5, 5.41) is 4.82. The second-order valence-corrected chi connectivity index (χ2v) is 13.3. The fraction of sp³-hybridized carbons (Fsp3) is 0.0200. The SMILES string of the molecule is NC(=N/C(=C\Cc1ccccc1)c1ccc(-c2ccc(-c3ccc4c5ccccc5n(-c5ccccc5)c4c3)cc2)c2ccccc12)c1ccccc1. The molecule has 0 aliphatic heterocycles. The molecule has 0 fully saturated rings. The maximum atomic E-state index is 6.63. The van der Waals surface area contributed by atoms with Gasteiger partial charge in [0.1, 0.15) is 5.84 Å². The van der Waals surface area contributed by atoms with Crippen molar-refractivity contribution < 1.29 is 0 Å². The van der Waals surface area contributed by atoms with Crippen LogP contribution >= 0.6 is 0 Å². The molecular weight excluding hydrogens is 643 g/mol. The third-order valence-corrected chi connectivity index (χ3v) is 10.1. The largest absolute Gasteiger partial charge is 0.383 e. The van der Waals surface area contributed by atoms with Gasteiger partial charge in [-0.15, -0.1) is 0 Å². The Morgan fingerprint density at radius 2 is 1.08 bits per heavy atom. The van der Waals surface area contributed by atoms with Crippen LogP contribution in [0.25, 0.3) is 66.2 Å². The van der Waals surface area contributed by atoms with Gasteiger partial charge in [-0.2, -0.15) is 0 Å². The van der Waals surface area contributed by atoms with Gasteiger partial charge >= 0.3 is 0 Å². The standard InChI is InChI=1S/C50H37N3/c51-50(38-16-6-2-7-17-38)52-47(33-24-35-14-4-1-5-15-35)44-32-31-41(42-20-10-11-21-43(42)44)37-27-25-36(26-28-37)39-29-30-46-45-22-12-13-23-48(45)53(49(46)34-39)40-18-8-3-9-19-40/h1-23,25-34H,24H2,(H2,51,52)/b47-33-. The van der Waals surface area contributed by atoms with Crippen LogP contribution in [0.2, 0.25) is 0 Å². The predicted molar refractivity (Wildman–Crippen MR) is 224 cm³/mol. The highest BCUT2D eigenvalue weighted by atomic mass is 15.0. The van der Waals surface area contributed by atoms with Gasteiger partial charge in [-0.25, -0.2) is 4.99 Å². The van der Waals surface area contributed by atoms with Gasteiger partial charge in [0.2, 0.25) is 0 Å². The summed E-state index contributed by atoms with van der Waals surface area (Å²) in [6.45, 7) is 0. The highest BCUT2D eigenvalue weighted by Gasteiger charge is 2.15. The molecule has 0 saturated heterocycles. The van der Waals surface area contributed by atoms with E-state index in [9.17, 15) is 0 Å². The normalized spacial score (nSPS) is 12.2. The topological polar surface area (TPSA) is 43.3 Å². The molecule has 3 nitrogen and oxygen atoms in total. The number of benzene rings is 8. The van der Waals surface area contributed by atoms with Crippen molar-refractivity contribution in [2.45, 2.75) is 6.42 Å². The highest BCUT2D eigenvalue weighted by Crippen LogP contribution is 2.37. The maximum absolute atomic E-state index is 6.63. The van der Waals surface area contributed by atoms with E-state index in [1.165, 1.54) is 49.4 Å². The summed E-state index contributed by atoms with van der Waals surface area (Å²) in [5.41, 5.74) is 18.9. The molecule has 0 saturated carbocycles. The minimum atomic E-state index is 0.496. The number of hydrogen-bond donors (Lipinski definition) is 1. The lowest BCUT2D eigenvalue weighted by Gasteiger charge is -2.14. The smallest absolute Gasteiger partial charge is 0.131 e. The minimum Gasteiger partial charge on any atom is -0.383 e. The molecule has 0 unspecified atom stereocenters. The lowest BCUT2D eigenvalue weighted by molar-refractivity contribution is 1.18. The van der Waals surface area contributed by atoms with E-state index >= 15 is 0 Å². The van der Waals surface area contributed by atoms with Gasteiger partial charge in [0.05, 0.1) is 16.7 Å². The molecule has 8 aromatic carbocycles. The van der Waals surface area contributed by atoms with Crippen LogP contribution in [-0.2, 0) is 6.42 Å². The third kappa shape index (κ3) is 6.19. The molecule has 252 valence electrons. The van der Waals surface area contributed by atoms with E-state index in [0.717, 1.165) is 39.9 Å². The number of nitrogens with zero attached hydrogens (tertiary/aromatic N) is 2. The molecule has 1 aromatic heterocycles. The Hall–Kier alpha value is -6.97. The van der Waals surface area contributed by atoms with E-state index in [1.54, 1.807) is 0 Å². The van der Waals surface area contributed by atoms with Gasteiger partial charge in [-0.1, -0.05) is 176 Å². The fourth-order valence-electron chi connectivity index (χ4n) is 7.47.